The highest BCUT2D eigenvalue weighted by molar-refractivity contribution is 7.92. The number of hydrogen-bond donors (Lipinski definition) is 2. The number of carbonyl (C=O) groups excluding carboxylic acids is 1. The van der Waals surface area contributed by atoms with Gasteiger partial charge in [0, 0.05) is 18.1 Å². The second kappa shape index (κ2) is 8.68. The molecule has 0 saturated carbocycles. The molecule has 0 fully saturated rings. The largest absolute Gasteiger partial charge is 0.321 e. The van der Waals surface area contributed by atoms with Crippen molar-refractivity contribution in [2.24, 2.45) is 7.05 Å². The number of aromatic nitrogens is 2. The lowest BCUT2D eigenvalue weighted by Gasteiger charge is -2.14. The Labute approximate surface area is 194 Å². The molecule has 4 rings (SSSR count). The van der Waals surface area contributed by atoms with Gasteiger partial charge in [-0.2, -0.15) is 5.10 Å². The Morgan fingerprint density at radius 2 is 1.67 bits per heavy atom. The van der Waals surface area contributed by atoms with E-state index in [-0.39, 0.29) is 32.5 Å². The van der Waals surface area contributed by atoms with E-state index in [1.165, 1.54) is 13.1 Å². The van der Waals surface area contributed by atoms with Gasteiger partial charge in [0.15, 0.2) is 5.69 Å². The Kier molecular flexibility index (Phi) is 5.92. The van der Waals surface area contributed by atoms with Crippen LogP contribution in [0.2, 0.25) is 5.02 Å². The summed E-state index contributed by atoms with van der Waals surface area (Å²) in [6.45, 7) is 1.65. The van der Waals surface area contributed by atoms with E-state index >= 15 is 0 Å². The number of fused-ring (bicyclic) bond motifs is 1. The Morgan fingerprint density at radius 1 is 1.00 bits per heavy atom. The van der Waals surface area contributed by atoms with E-state index in [9.17, 15) is 18.0 Å². The smallest absolute Gasteiger partial charge is 0.276 e. The van der Waals surface area contributed by atoms with Gasteiger partial charge in [-0.05, 0) is 42.8 Å². The van der Waals surface area contributed by atoms with Crippen LogP contribution in [0, 0.1) is 6.92 Å². The van der Waals surface area contributed by atoms with Gasteiger partial charge in [-0.1, -0.05) is 48.0 Å². The first-order valence-corrected chi connectivity index (χ1v) is 11.7. The molecule has 0 radical (unpaired) electrons. The molecule has 1 amide bonds. The number of rotatable bonds is 5. The van der Waals surface area contributed by atoms with Gasteiger partial charge in [-0.25, -0.2) is 13.1 Å². The van der Waals surface area contributed by atoms with Crippen LogP contribution in [0.15, 0.2) is 76.4 Å². The van der Waals surface area contributed by atoms with Gasteiger partial charge in [0.05, 0.1) is 21.0 Å². The van der Waals surface area contributed by atoms with E-state index in [4.69, 9.17) is 11.6 Å². The summed E-state index contributed by atoms with van der Waals surface area (Å²) < 4.78 is 29.6. The minimum atomic E-state index is -3.98. The van der Waals surface area contributed by atoms with Gasteiger partial charge >= 0.3 is 0 Å². The topological polar surface area (TPSA) is 110 Å². The van der Waals surface area contributed by atoms with Gasteiger partial charge in [-0.15, -0.1) is 0 Å². The van der Waals surface area contributed by atoms with Gasteiger partial charge in [-0.3, -0.25) is 14.3 Å². The van der Waals surface area contributed by atoms with Crippen LogP contribution in [0.4, 0.5) is 11.4 Å². The number of benzene rings is 3. The molecule has 10 heteroatoms. The van der Waals surface area contributed by atoms with Crippen molar-refractivity contribution in [3.63, 3.8) is 0 Å². The second-order valence-corrected chi connectivity index (χ2v) is 9.40. The Hall–Kier alpha value is -3.69. The summed E-state index contributed by atoms with van der Waals surface area (Å²) in [5, 5.41) is 7.79. The molecule has 3 aromatic carbocycles. The molecule has 8 nitrogen and oxygen atoms in total. The number of sulfonamides is 1. The maximum Gasteiger partial charge on any atom is 0.276 e. The first-order chi connectivity index (χ1) is 15.7. The summed E-state index contributed by atoms with van der Waals surface area (Å²) in [6, 6.07) is 17.7. The average molecular weight is 483 g/mol. The molecule has 0 unspecified atom stereocenters. The van der Waals surface area contributed by atoms with E-state index < -0.39 is 15.9 Å². The SMILES string of the molecule is Cc1ccc(NC(=O)c2nn(C)c(=O)c3ccccc23)cc1S(=O)(=O)Nc1ccccc1Cl. The minimum Gasteiger partial charge on any atom is -0.321 e. The van der Waals surface area contributed by atoms with Crippen molar-refractivity contribution in [2.75, 3.05) is 10.0 Å². The van der Waals surface area contributed by atoms with E-state index in [2.05, 4.69) is 15.1 Å². The van der Waals surface area contributed by atoms with Crippen molar-refractivity contribution in [1.82, 2.24) is 9.78 Å². The van der Waals surface area contributed by atoms with Crippen LogP contribution in [0.5, 0.6) is 0 Å². The highest BCUT2D eigenvalue weighted by Gasteiger charge is 2.21. The highest BCUT2D eigenvalue weighted by atomic mass is 35.5. The second-order valence-electron chi connectivity index (χ2n) is 7.34. The molecule has 0 spiro atoms. The van der Waals surface area contributed by atoms with Crippen LogP contribution >= 0.6 is 11.6 Å². The summed E-state index contributed by atoms with van der Waals surface area (Å²) in [6.07, 6.45) is 0. The first kappa shape index (κ1) is 22.5. The zero-order valence-electron chi connectivity index (χ0n) is 17.7. The molecule has 4 aromatic rings. The molecule has 168 valence electrons. The molecular formula is C23H19ClN4O4S. The third kappa shape index (κ3) is 4.46. The molecule has 33 heavy (non-hydrogen) atoms. The molecule has 0 saturated heterocycles. The quantitative estimate of drug-likeness (QED) is 0.447. The maximum absolute atomic E-state index is 13.0. The Morgan fingerprint density at radius 3 is 2.39 bits per heavy atom. The summed E-state index contributed by atoms with van der Waals surface area (Å²) in [4.78, 5) is 25.3. The van der Waals surface area contributed by atoms with Crippen LogP contribution < -0.4 is 15.6 Å². The normalized spacial score (nSPS) is 11.4. The van der Waals surface area contributed by atoms with Crippen molar-refractivity contribution in [3.05, 3.63) is 93.4 Å². The third-order valence-corrected chi connectivity index (χ3v) is 6.86. The number of para-hydroxylation sites is 1. The summed E-state index contributed by atoms with van der Waals surface area (Å²) in [5.41, 5.74) is 0.709. The van der Waals surface area contributed by atoms with Crippen LogP contribution in [0.3, 0.4) is 0 Å². The van der Waals surface area contributed by atoms with Gasteiger partial charge in [0.1, 0.15) is 0 Å². The fourth-order valence-electron chi connectivity index (χ4n) is 3.37. The monoisotopic (exact) mass is 482 g/mol. The highest BCUT2D eigenvalue weighted by Crippen LogP contribution is 2.27. The number of nitrogens with zero attached hydrogens (tertiary/aromatic N) is 2. The number of anilines is 2. The first-order valence-electron chi connectivity index (χ1n) is 9.83. The van der Waals surface area contributed by atoms with E-state index in [1.807, 2.05) is 0 Å². The molecule has 0 aliphatic rings. The number of aryl methyl sites for hydroxylation is 2. The summed E-state index contributed by atoms with van der Waals surface area (Å²) in [7, 11) is -2.52. The molecule has 0 aliphatic heterocycles. The third-order valence-electron chi connectivity index (χ3n) is 5.03. The summed E-state index contributed by atoms with van der Waals surface area (Å²) in [5.74, 6) is -0.576. The number of hydrogen-bond acceptors (Lipinski definition) is 5. The van der Waals surface area contributed by atoms with Crippen molar-refractivity contribution >= 4 is 49.7 Å². The van der Waals surface area contributed by atoms with E-state index in [0.717, 1.165) is 4.68 Å². The maximum atomic E-state index is 13.0. The van der Waals surface area contributed by atoms with Gasteiger partial charge in [0.2, 0.25) is 0 Å². The number of nitrogens with one attached hydrogen (secondary N) is 2. The van der Waals surface area contributed by atoms with Crippen LogP contribution in [0.25, 0.3) is 10.8 Å². The molecule has 1 aromatic heterocycles. The lowest BCUT2D eigenvalue weighted by molar-refractivity contribution is 0.102. The number of carbonyl (C=O) groups is 1. The van der Waals surface area contributed by atoms with Crippen LogP contribution in [-0.4, -0.2) is 24.1 Å². The standard InChI is InChI=1S/C23H19ClN4O4S/c1-14-11-12-15(13-20(14)33(31,32)27-19-10-6-5-9-18(19)24)25-22(29)21-16-7-3-4-8-17(16)23(30)28(2)26-21/h3-13,27H,1-2H3,(H,25,29). The molecule has 0 bridgehead atoms. The van der Waals surface area contributed by atoms with Crippen LogP contribution in [-0.2, 0) is 17.1 Å². The molecule has 2 N–H and O–H groups in total. The van der Waals surface area contributed by atoms with Crippen molar-refractivity contribution < 1.29 is 13.2 Å². The fraction of sp³-hybridized carbons (Fsp3) is 0.0870. The van der Waals surface area contributed by atoms with Crippen molar-refractivity contribution in [2.45, 2.75) is 11.8 Å². The zero-order valence-corrected chi connectivity index (χ0v) is 19.2. The van der Waals surface area contributed by atoms with Gasteiger partial charge in [0.25, 0.3) is 21.5 Å². The Balaban J connectivity index is 1.69. The number of amides is 1. The molecule has 0 aliphatic carbocycles. The van der Waals surface area contributed by atoms with Crippen molar-refractivity contribution in [3.8, 4) is 0 Å². The van der Waals surface area contributed by atoms with Gasteiger partial charge < -0.3 is 5.32 Å². The van der Waals surface area contributed by atoms with E-state index in [0.29, 0.717) is 16.3 Å². The van der Waals surface area contributed by atoms with Crippen molar-refractivity contribution in [1.29, 1.82) is 0 Å². The average Bonchev–Trinajstić information content (AvgIpc) is 2.79. The summed E-state index contributed by atoms with van der Waals surface area (Å²) >= 11 is 6.08. The molecule has 0 atom stereocenters. The number of halogens is 1. The lowest BCUT2D eigenvalue weighted by atomic mass is 10.1. The Bertz CT molecular complexity index is 1560. The fourth-order valence-corrected chi connectivity index (χ4v) is 4.96. The molecular weight excluding hydrogens is 464 g/mol. The van der Waals surface area contributed by atoms with Crippen LogP contribution in [0.1, 0.15) is 16.1 Å². The lowest BCUT2D eigenvalue weighted by Crippen LogP contribution is -2.25. The minimum absolute atomic E-state index is 0.0153. The predicted molar refractivity (Wildman–Crippen MR) is 128 cm³/mol. The molecule has 1 heterocycles. The van der Waals surface area contributed by atoms with E-state index in [1.54, 1.807) is 67.6 Å². The predicted octanol–water partition coefficient (Wildman–Crippen LogP) is 3.95. The zero-order chi connectivity index (χ0) is 23.8.